The standard InChI is InChI=1S/C12H24O22/c13-4(14,15)2-1-34-6(11(28,29)30,12(31,32)33)5(9(22,23)24,10(25,26)27)3(2,7(16,17)18)8(19,20)21/h2,13-33H,1H2. The average molecular weight is 520 g/mol. The molecule has 1 saturated heterocycles. The lowest BCUT2D eigenvalue weighted by atomic mass is 9.42. The molecule has 0 amide bonds. The molecular formula is C12H24O22. The van der Waals surface area contributed by atoms with E-state index in [4.69, 9.17) is 0 Å². The van der Waals surface area contributed by atoms with Gasteiger partial charge in [-0.3, -0.25) is 0 Å². The fourth-order valence-electron chi connectivity index (χ4n) is 4.73. The highest BCUT2D eigenvalue weighted by molar-refractivity contribution is 5.28. The normalized spacial score (nSPS) is 24.8. The smallest absolute Gasteiger partial charge is 0.316 e. The van der Waals surface area contributed by atoms with Crippen LogP contribution in [-0.4, -0.2) is 161 Å². The highest BCUT2D eigenvalue weighted by atomic mass is 16.8. The molecule has 0 radical (unpaired) electrons. The van der Waals surface area contributed by atoms with E-state index in [1.807, 2.05) is 0 Å². The van der Waals surface area contributed by atoms with Crippen LogP contribution in [0.3, 0.4) is 0 Å². The van der Waals surface area contributed by atoms with Crippen molar-refractivity contribution in [1.82, 2.24) is 0 Å². The van der Waals surface area contributed by atoms with Crippen LogP contribution in [0.15, 0.2) is 0 Å². The number of ether oxygens (including phenoxy) is 1. The topological polar surface area (TPSA) is 434 Å². The first-order valence-electron chi connectivity index (χ1n) is 8.17. The van der Waals surface area contributed by atoms with E-state index in [1.54, 1.807) is 0 Å². The van der Waals surface area contributed by atoms with Crippen molar-refractivity contribution >= 4 is 0 Å². The van der Waals surface area contributed by atoms with E-state index in [-0.39, 0.29) is 0 Å². The molecule has 204 valence electrons. The summed E-state index contributed by atoms with van der Waals surface area (Å²) in [5.41, 5.74) is -18.1. The van der Waals surface area contributed by atoms with Gasteiger partial charge in [-0.1, -0.05) is 0 Å². The van der Waals surface area contributed by atoms with E-state index in [0.717, 1.165) is 0 Å². The Labute approximate surface area is 184 Å². The van der Waals surface area contributed by atoms with Gasteiger partial charge in [0.1, 0.15) is 0 Å². The molecule has 1 rings (SSSR count). The minimum atomic E-state index is -6.32. The van der Waals surface area contributed by atoms with E-state index in [0.29, 0.717) is 0 Å². The van der Waals surface area contributed by atoms with Crippen molar-refractivity contribution in [2.75, 3.05) is 6.61 Å². The summed E-state index contributed by atoms with van der Waals surface area (Å²) in [7, 11) is 0. The largest absolute Gasteiger partial charge is 0.358 e. The molecule has 0 spiro atoms. The van der Waals surface area contributed by atoms with E-state index >= 15 is 0 Å². The van der Waals surface area contributed by atoms with Crippen LogP contribution in [0.2, 0.25) is 0 Å². The van der Waals surface area contributed by atoms with Gasteiger partial charge in [-0.25, -0.2) is 0 Å². The molecular weight excluding hydrogens is 496 g/mol. The van der Waals surface area contributed by atoms with Crippen LogP contribution < -0.4 is 0 Å². The molecule has 1 unspecified atom stereocenters. The van der Waals surface area contributed by atoms with Crippen LogP contribution in [0.25, 0.3) is 0 Å². The zero-order chi connectivity index (χ0) is 28.0. The van der Waals surface area contributed by atoms with Crippen molar-refractivity contribution in [3.63, 3.8) is 0 Å². The van der Waals surface area contributed by atoms with Crippen LogP contribution >= 0.6 is 0 Å². The lowest BCUT2D eigenvalue weighted by Crippen LogP contribution is -2.97. The van der Waals surface area contributed by atoms with Crippen molar-refractivity contribution in [1.29, 1.82) is 0 Å². The Morgan fingerprint density at radius 2 is 0.735 bits per heavy atom. The summed E-state index contributed by atoms with van der Waals surface area (Å²) in [5.74, 6) is -44.2. The molecule has 1 atom stereocenters. The minimum Gasteiger partial charge on any atom is -0.358 e. The van der Waals surface area contributed by atoms with Crippen LogP contribution in [0.4, 0.5) is 0 Å². The maximum absolute atomic E-state index is 9.91. The first-order chi connectivity index (χ1) is 14.3. The number of hydrogen-bond donors (Lipinski definition) is 21. The molecule has 22 nitrogen and oxygen atoms in total. The molecule has 21 N–H and O–H groups in total. The first-order valence-corrected chi connectivity index (χ1v) is 8.17. The third-order valence-corrected chi connectivity index (χ3v) is 5.59. The summed E-state index contributed by atoms with van der Waals surface area (Å²) >= 11 is 0. The Kier molecular flexibility index (Phi) is 6.93. The van der Waals surface area contributed by atoms with Gasteiger partial charge >= 0.3 is 11.9 Å². The van der Waals surface area contributed by atoms with Gasteiger partial charge in [0.25, 0.3) is 35.5 Å². The van der Waals surface area contributed by atoms with Crippen molar-refractivity contribution in [2.45, 2.75) is 47.4 Å². The van der Waals surface area contributed by atoms with Gasteiger partial charge in [0.15, 0.2) is 10.8 Å². The molecule has 0 aliphatic carbocycles. The SMILES string of the molecule is OC(O)(O)C1COC(C(O)(O)O)(C(O)(O)O)C(C(O)(O)O)(C(O)(O)O)C1(C(O)(O)O)C(O)(O)O. The third kappa shape index (κ3) is 3.55. The highest BCUT2D eigenvalue weighted by Crippen LogP contribution is 2.73. The van der Waals surface area contributed by atoms with Gasteiger partial charge < -0.3 is 112 Å². The number of aliphatic hydroxyl groups is 21. The predicted octanol–water partition coefficient (Wildman–Crippen LogP) is -13.2. The molecule has 1 aliphatic rings. The summed E-state index contributed by atoms with van der Waals surface area (Å²) in [6.07, 6.45) is 0. The zero-order valence-corrected chi connectivity index (χ0v) is 16.1. The lowest BCUT2D eigenvalue weighted by Gasteiger charge is -2.71. The molecule has 0 aromatic carbocycles. The second-order valence-corrected chi connectivity index (χ2v) is 7.60. The molecule has 0 aromatic rings. The molecule has 0 saturated carbocycles. The van der Waals surface area contributed by atoms with Gasteiger partial charge in [-0.05, 0) is 0 Å². The molecule has 0 bridgehead atoms. The summed E-state index contributed by atoms with van der Waals surface area (Å²) in [4.78, 5) is 0. The average Bonchev–Trinajstić information content (AvgIpc) is 2.44. The summed E-state index contributed by atoms with van der Waals surface area (Å²) < 4.78 is 4.04. The fourth-order valence-corrected chi connectivity index (χ4v) is 4.73. The van der Waals surface area contributed by atoms with Gasteiger partial charge in [0, 0.05) is 0 Å². The van der Waals surface area contributed by atoms with Crippen molar-refractivity contribution < 1.29 is 112 Å². The Hall–Kier alpha value is -0.880. The van der Waals surface area contributed by atoms with E-state index in [1.165, 1.54) is 0 Å². The molecule has 22 heteroatoms. The van der Waals surface area contributed by atoms with Crippen LogP contribution in [0.1, 0.15) is 0 Å². The van der Waals surface area contributed by atoms with Crippen molar-refractivity contribution in [3.8, 4) is 0 Å². The quantitative estimate of drug-likeness (QED) is 0.138. The second-order valence-electron chi connectivity index (χ2n) is 7.60. The second kappa shape index (κ2) is 7.57. The molecule has 1 heterocycles. The molecule has 34 heavy (non-hydrogen) atoms. The monoisotopic (exact) mass is 520 g/mol. The first kappa shape index (κ1) is 31.2. The summed E-state index contributed by atoms with van der Waals surface area (Å²) in [6.45, 7) is -2.53. The Balaban J connectivity index is 4.94. The maximum atomic E-state index is 9.91. The predicted molar refractivity (Wildman–Crippen MR) is 82.8 cm³/mol. The van der Waals surface area contributed by atoms with Crippen molar-refractivity contribution in [3.05, 3.63) is 0 Å². The van der Waals surface area contributed by atoms with Crippen LogP contribution in [0.5, 0.6) is 0 Å². The molecule has 1 fully saturated rings. The van der Waals surface area contributed by atoms with Crippen LogP contribution in [-0.2, 0) is 4.74 Å². The Morgan fingerprint density at radius 3 is 0.912 bits per heavy atom. The zero-order valence-electron chi connectivity index (χ0n) is 16.1. The van der Waals surface area contributed by atoms with E-state index in [9.17, 15) is 107 Å². The van der Waals surface area contributed by atoms with Gasteiger partial charge in [0.2, 0.25) is 0 Å². The number of hydrogen-bond acceptors (Lipinski definition) is 22. The van der Waals surface area contributed by atoms with Crippen LogP contribution in [0, 0.1) is 16.7 Å². The summed E-state index contributed by atoms with van der Waals surface area (Å²) in [5, 5.41) is 206. The third-order valence-electron chi connectivity index (χ3n) is 5.59. The van der Waals surface area contributed by atoms with Gasteiger partial charge in [-0.2, -0.15) is 0 Å². The van der Waals surface area contributed by atoms with Crippen molar-refractivity contribution in [2.24, 2.45) is 16.7 Å². The van der Waals surface area contributed by atoms with Gasteiger partial charge in [-0.15, -0.1) is 0 Å². The Bertz CT molecular complexity index is 700. The minimum absolute atomic E-state index is 2.53. The van der Waals surface area contributed by atoms with Gasteiger partial charge in [0.05, 0.1) is 12.5 Å². The summed E-state index contributed by atoms with van der Waals surface area (Å²) in [6, 6.07) is 0. The van der Waals surface area contributed by atoms with E-state index < -0.39 is 70.8 Å². The molecule has 1 aliphatic heterocycles. The highest BCUT2D eigenvalue weighted by Gasteiger charge is 3.01. The lowest BCUT2D eigenvalue weighted by molar-refractivity contribution is -0.681. The Morgan fingerprint density at radius 1 is 0.441 bits per heavy atom. The maximum Gasteiger partial charge on any atom is 0.316 e. The molecule has 0 aromatic heterocycles. The van der Waals surface area contributed by atoms with E-state index in [2.05, 4.69) is 4.74 Å². The fraction of sp³-hybridized carbons (Fsp3) is 1.00. The number of rotatable bonds is 7.